The Morgan fingerprint density at radius 3 is 2.53 bits per heavy atom. The lowest BCUT2D eigenvalue weighted by Gasteiger charge is -2.42. The van der Waals surface area contributed by atoms with Gasteiger partial charge in [-0.2, -0.15) is 0 Å². The van der Waals surface area contributed by atoms with Crippen LogP contribution in [0.4, 0.5) is 0 Å². The summed E-state index contributed by atoms with van der Waals surface area (Å²) in [5, 5.41) is 9.92. The maximum absolute atomic E-state index is 14.0. The molecule has 4 rings (SSSR count). The number of ether oxygens (including phenoxy) is 2. The Bertz CT molecular complexity index is 876. The molecule has 8 nitrogen and oxygen atoms in total. The predicted octanol–water partition coefficient (Wildman–Crippen LogP) is 1.43. The summed E-state index contributed by atoms with van der Waals surface area (Å²) >= 11 is 0. The van der Waals surface area contributed by atoms with Gasteiger partial charge >= 0.3 is 5.97 Å². The Kier molecular flexibility index (Phi) is 5.53. The number of hydrogen-bond acceptors (Lipinski definition) is 6. The van der Waals surface area contributed by atoms with Gasteiger partial charge < -0.3 is 24.4 Å². The second-order valence-corrected chi connectivity index (χ2v) is 10.5. The van der Waals surface area contributed by atoms with Crippen LogP contribution in [0.25, 0.3) is 0 Å². The molecule has 1 unspecified atom stereocenters. The van der Waals surface area contributed by atoms with Crippen LogP contribution < -0.4 is 0 Å². The number of aliphatic hydroxyl groups excluding tert-OH is 1. The van der Waals surface area contributed by atoms with Crippen LogP contribution >= 0.6 is 0 Å². The highest BCUT2D eigenvalue weighted by Crippen LogP contribution is 2.57. The number of cyclic esters (lactones) is 1. The molecule has 32 heavy (non-hydrogen) atoms. The Morgan fingerprint density at radius 1 is 1.16 bits per heavy atom. The summed E-state index contributed by atoms with van der Waals surface area (Å²) in [7, 11) is 0. The minimum Gasteiger partial charge on any atom is -0.465 e. The van der Waals surface area contributed by atoms with Gasteiger partial charge in [-0.05, 0) is 47.5 Å². The SMILES string of the molecule is C[C@H](CO)N1C(=O)[C@@H]2[C@@H]3C(=O)OCCC/C=C\[C@]3(C)O[C@@]23C=CCN(C(C)(C)C)C(=O)C13. The number of hydrogen-bond donors (Lipinski definition) is 1. The number of esters is 1. The van der Waals surface area contributed by atoms with Crippen molar-refractivity contribution in [3.8, 4) is 0 Å². The average molecular weight is 447 g/mol. The van der Waals surface area contributed by atoms with Crippen molar-refractivity contribution in [3.63, 3.8) is 0 Å². The van der Waals surface area contributed by atoms with Crippen LogP contribution in [0, 0.1) is 11.8 Å². The molecule has 0 radical (unpaired) electrons. The lowest BCUT2D eigenvalue weighted by atomic mass is 9.74. The van der Waals surface area contributed by atoms with Gasteiger partial charge in [0.15, 0.2) is 0 Å². The van der Waals surface area contributed by atoms with Gasteiger partial charge in [-0.15, -0.1) is 0 Å². The van der Waals surface area contributed by atoms with Gasteiger partial charge in [-0.3, -0.25) is 14.4 Å². The summed E-state index contributed by atoms with van der Waals surface area (Å²) in [6.45, 7) is 9.67. The van der Waals surface area contributed by atoms with Crippen LogP contribution in [0.5, 0.6) is 0 Å². The molecular formula is C24H34N2O6. The van der Waals surface area contributed by atoms with E-state index < -0.39 is 46.6 Å². The summed E-state index contributed by atoms with van der Waals surface area (Å²) < 4.78 is 12.2. The van der Waals surface area contributed by atoms with Gasteiger partial charge in [-0.25, -0.2) is 0 Å². The second-order valence-electron chi connectivity index (χ2n) is 10.5. The molecule has 1 spiro atoms. The number of aliphatic hydroxyl groups is 1. The van der Waals surface area contributed by atoms with E-state index in [1.807, 2.05) is 39.0 Å². The van der Waals surface area contributed by atoms with Crippen LogP contribution in [0.1, 0.15) is 47.5 Å². The third-order valence-electron chi connectivity index (χ3n) is 7.24. The van der Waals surface area contributed by atoms with Crippen LogP contribution in [0.2, 0.25) is 0 Å². The van der Waals surface area contributed by atoms with E-state index in [-0.39, 0.29) is 25.0 Å². The van der Waals surface area contributed by atoms with E-state index in [1.165, 1.54) is 4.90 Å². The fourth-order valence-corrected chi connectivity index (χ4v) is 5.74. The third-order valence-corrected chi connectivity index (χ3v) is 7.24. The second kappa shape index (κ2) is 7.70. The van der Waals surface area contributed by atoms with E-state index in [0.29, 0.717) is 13.0 Å². The zero-order chi connectivity index (χ0) is 23.5. The quantitative estimate of drug-likeness (QED) is 0.509. The van der Waals surface area contributed by atoms with Crippen LogP contribution in [0.3, 0.4) is 0 Å². The summed E-state index contributed by atoms with van der Waals surface area (Å²) in [4.78, 5) is 44.2. The van der Waals surface area contributed by atoms with Gasteiger partial charge in [0.05, 0.1) is 30.8 Å². The first-order chi connectivity index (χ1) is 15.0. The topological polar surface area (TPSA) is 96.4 Å². The first-order valence-corrected chi connectivity index (χ1v) is 11.4. The van der Waals surface area contributed by atoms with E-state index in [2.05, 4.69) is 0 Å². The lowest BCUT2D eigenvalue weighted by molar-refractivity contribution is -0.162. The first kappa shape index (κ1) is 23.0. The zero-order valence-corrected chi connectivity index (χ0v) is 19.5. The Labute approximate surface area is 189 Å². The number of amides is 2. The minimum absolute atomic E-state index is 0.244. The fraction of sp³-hybridized carbons (Fsp3) is 0.708. The number of likely N-dealkylation sites (tertiary alicyclic amines) is 1. The highest BCUT2D eigenvalue weighted by molar-refractivity contribution is 5.99. The fourth-order valence-electron chi connectivity index (χ4n) is 5.74. The molecular weight excluding hydrogens is 412 g/mol. The van der Waals surface area contributed by atoms with Crippen molar-refractivity contribution in [3.05, 3.63) is 24.3 Å². The van der Waals surface area contributed by atoms with Crippen LogP contribution in [-0.4, -0.2) is 81.3 Å². The number of allylic oxidation sites excluding steroid dienone is 1. The summed E-state index contributed by atoms with van der Waals surface area (Å²) in [5.74, 6) is -2.89. The van der Waals surface area contributed by atoms with E-state index in [9.17, 15) is 19.5 Å². The summed E-state index contributed by atoms with van der Waals surface area (Å²) in [6, 6.07) is -1.58. The van der Waals surface area contributed by atoms with Crippen molar-refractivity contribution < 1.29 is 29.0 Å². The Hall–Kier alpha value is -2.19. The highest BCUT2D eigenvalue weighted by Gasteiger charge is 2.75. The van der Waals surface area contributed by atoms with Gasteiger partial charge in [0.25, 0.3) is 0 Å². The third kappa shape index (κ3) is 3.22. The number of fused-ring (bicyclic) bond motifs is 2. The van der Waals surface area contributed by atoms with Crippen molar-refractivity contribution in [1.29, 1.82) is 0 Å². The molecule has 4 heterocycles. The molecule has 2 amide bonds. The number of rotatable bonds is 2. The molecule has 4 aliphatic rings. The molecule has 176 valence electrons. The molecule has 4 aliphatic heterocycles. The minimum atomic E-state index is -1.32. The maximum atomic E-state index is 14.0. The molecule has 0 aliphatic carbocycles. The number of carbonyl (C=O) groups is 3. The molecule has 0 bridgehead atoms. The smallest absolute Gasteiger partial charge is 0.313 e. The van der Waals surface area contributed by atoms with E-state index in [1.54, 1.807) is 24.8 Å². The lowest BCUT2D eigenvalue weighted by Crippen LogP contribution is -2.60. The van der Waals surface area contributed by atoms with E-state index in [4.69, 9.17) is 9.47 Å². The van der Waals surface area contributed by atoms with E-state index in [0.717, 1.165) is 6.42 Å². The van der Waals surface area contributed by atoms with Gasteiger partial charge in [0.1, 0.15) is 17.6 Å². The normalized spacial score (nSPS) is 39.3. The zero-order valence-electron chi connectivity index (χ0n) is 19.5. The van der Waals surface area contributed by atoms with Crippen LogP contribution in [0.15, 0.2) is 24.3 Å². The molecule has 0 aromatic carbocycles. The molecule has 8 heteroatoms. The number of nitrogens with zero attached hydrogens (tertiary/aromatic N) is 2. The van der Waals surface area contributed by atoms with Gasteiger partial charge in [-0.1, -0.05) is 24.3 Å². The Morgan fingerprint density at radius 2 is 1.88 bits per heavy atom. The highest BCUT2D eigenvalue weighted by atomic mass is 16.6. The number of carbonyl (C=O) groups excluding carboxylic acids is 3. The van der Waals surface area contributed by atoms with Crippen molar-refractivity contribution in [1.82, 2.24) is 9.80 Å². The standard InChI is InChI=1S/C24H34N2O6/c1-15(14-27)26-18-20(29)25(22(2,3)4)12-9-11-24(18)16(19(26)28)17-21(30)31-13-8-6-7-10-23(17,5)32-24/h7,9-11,15-18,27H,6,8,12-14H2,1-5H3/b10-7-/t15-,16+,17-,18?,23+,24+/m1/s1. The molecule has 0 saturated carbocycles. The monoisotopic (exact) mass is 446 g/mol. The summed E-state index contributed by atoms with van der Waals surface area (Å²) in [6.07, 6.45) is 8.91. The first-order valence-electron chi connectivity index (χ1n) is 11.4. The molecule has 2 saturated heterocycles. The molecule has 2 fully saturated rings. The van der Waals surface area contributed by atoms with Crippen molar-refractivity contribution in [2.45, 2.75) is 76.3 Å². The molecule has 0 aromatic rings. The largest absolute Gasteiger partial charge is 0.465 e. The van der Waals surface area contributed by atoms with Gasteiger partial charge in [0, 0.05) is 12.1 Å². The van der Waals surface area contributed by atoms with Gasteiger partial charge in [0.2, 0.25) is 11.8 Å². The molecule has 1 N–H and O–H groups in total. The van der Waals surface area contributed by atoms with Crippen LogP contribution in [-0.2, 0) is 23.9 Å². The summed E-state index contributed by atoms with van der Waals surface area (Å²) in [5.41, 5.74) is -2.89. The maximum Gasteiger partial charge on any atom is 0.313 e. The predicted molar refractivity (Wildman–Crippen MR) is 116 cm³/mol. The van der Waals surface area contributed by atoms with Crippen molar-refractivity contribution in [2.24, 2.45) is 11.8 Å². The molecule has 0 aromatic heterocycles. The average Bonchev–Trinajstić information content (AvgIpc) is 3.06. The van der Waals surface area contributed by atoms with Crippen molar-refractivity contribution >= 4 is 17.8 Å². The van der Waals surface area contributed by atoms with Crippen molar-refractivity contribution in [2.75, 3.05) is 19.8 Å². The molecule has 6 atom stereocenters. The van der Waals surface area contributed by atoms with E-state index >= 15 is 0 Å². The Balaban J connectivity index is 1.91.